The lowest BCUT2D eigenvalue weighted by Gasteiger charge is -2.22. The highest BCUT2D eigenvalue weighted by molar-refractivity contribution is 6.10. The molecule has 2 aromatic heterocycles. The largest absolute Gasteiger partial charge is 0.313 e. The Morgan fingerprint density at radius 2 is 1.92 bits per heavy atom. The van der Waals surface area contributed by atoms with E-state index < -0.39 is 0 Å². The third-order valence-corrected chi connectivity index (χ3v) is 4.61. The van der Waals surface area contributed by atoms with Crippen molar-refractivity contribution in [2.45, 2.75) is 13.8 Å². The van der Waals surface area contributed by atoms with Crippen molar-refractivity contribution in [2.75, 3.05) is 23.4 Å². The fourth-order valence-electron chi connectivity index (χ4n) is 3.19. The van der Waals surface area contributed by atoms with E-state index in [1.807, 2.05) is 38.1 Å². The topological polar surface area (TPSA) is 83.7 Å². The highest BCUT2D eigenvalue weighted by atomic mass is 16.2. The quantitative estimate of drug-likeness (QED) is 0.667. The Morgan fingerprint density at radius 3 is 2.65 bits per heavy atom. The third kappa shape index (κ3) is 2.42. The second-order valence-corrected chi connectivity index (χ2v) is 6.44. The third-order valence-electron chi connectivity index (χ3n) is 4.61. The number of nitrogens with zero attached hydrogens (tertiary/aromatic N) is 6. The van der Waals surface area contributed by atoms with Gasteiger partial charge in [-0.05, 0) is 25.1 Å². The molecule has 1 aliphatic heterocycles. The molecule has 1 aromatic carbocycles. The van der Waals surface area contributed by atoms with Crippen molar-refractivity contribution in [1.82, 2.24) is 19.6 Å². The summed E-state index contributed by atoms with van der Waals surface area (Å²) in [6.45, 7) is 3.95. The molecule has 4 rings (SSSR count). The predicted molar refractivity (Wildman–Crippen MR) is 96.2 cm³/mol. The highest BCUT2D eigenvalue weighted by Gasteiger charge is 2.33. The van der Waals surface area contributed by atoms with Gasteiger partial charge in [-0.1, -0.05) is 19.1 Å². The molecule has 0 saturated carbocycles. The molecule has 1 atom stereocenters. The van der Waals surface area contributed by atoms with Crippen molar-refractivity contribution in [2.24, 2.45) is 5.92 Å². The zero-order chi connectivity index (χ0) is 18.4. The second-order valence-electron chi connectivity index (χ2n) is 6.44. The molecule has 1 unspecified atom stereocenters. The van der Waals surface area contributed by atoms with Crippen LogP contribution < -0.4 is 9.80 Å². The van der Waals surface area contributed by atoms with Crippen molar-refractivity contribution in [3.8, 4) is 0 Å². The molecule has 1 aliphatic rings. The normalized spacial score (nSPS) is 17.3. The van der Waals surface area contributed by atoms with Gasteiger partial charge in [0.15, 0.2) is 0 Å². The smallest absolute Gasteiger partial charge is 0.298 e. The number of fused-ring (bicyclic) bond motifs is 2. The molecule has 3 heterocycles. The van der Waals surface area contributed by atoms with E-state index in [1.54, 1.807) is 29.1 Å². The van der Waals surface area contributed by atoms with Gasteiger partial charge in [0.1, 0.15) is 0 Å². The van der Waals surface area contributed by atoms with Crippen LogP contribution in [0.25, 0.3) is 5.78 Å². The van der Waals surface area contributed by atoms with Gasteiger partial charge in [0.25, 0.3) is 11.7 Å². The summed E-state index contributed by atoms with van der Waals surface area (Å²) in [5.74, 6) is -0.290. The molecule has 0 bridgehead atoms. The van der Waals surface area contributed by atoms with Gasteiger partial charge in [-0.2, -0.15) is 4.98 Å². The summed E-state index contributed by atoms with van der Waals surface area (Å²) in [7, 11) is 1.72. The van der Waals surface area contributed by atoms with E-state index in [9.17, 15) is 9.59 Å². The second kappa shape index (κ2) is 5.91. The van der Waals surface area contributed by atoms with Crippen LogP contribution in [0.4, 0.5) is 11.4 Å². The van der Waals surface area contributed by atoms with E-state index in [1.165, 1.54) is 4.52 Å². The number of carbonyl (C=O) groups excluding carboxylic acids is 2. The van der Waals surface area contributed by atoms with Crippen LogP contribution in [0.5, 0.6) is 0 Å². The van der Waals surface area contributed by atoms with Crippen LogP contribution >= 0.6 is 0 Å². The number of hydrogen-bond acceptors (Lipinski definition) is 5. The van der Waals surface area contributed by atoms with Crippen molar-refractivity contribution in [1.29, 1.82) is 0 Å². The zero-order valence-corrected chi connectivity index (χ0v) is 14.7. The molecule has 2 amide bonds. The Bertz CT molecular complexity index is 1030. The van der Waals surface area contributed by atoms with E-state index in [0.29, 0.717) is 17.2 Å². The van der Waals surface area contributed by atoms with Crippen molar-refractivity contribution >= 4 is 29.0 Å². The molecule has 8 heteroatoms. The summed E-state index contributed by atoms with van der Waals surface area (Å²) >= 11 is 0. The van der Waals surface area contributed by atoms with E-state index in [0.717, 1.165) is 5.69 Å². The molecule has 132 valence electrons. The molecular weight excluding hydrogens is 332 g/mol. The van der Waals surface area contributed by atoms with Gasteiger partial charge < -0.3 is 9.80 Å². The average Bonchev–Trinajstić information content (AvgIpc) is 3.06. The number of para-hydroxylation sites is 2. The number of hydrogen-bond donors (Lipinski definition) is 0. The van der Waals surface area contributed by atoms with Crippen LogP contribution in [0.2, 0.25) is 0 Å². The summed E-state index contributed by atoms with van der Waals surface area (Å²) in [6.07, 6.45) is 1.63. The maximum atomic E-state index is 13.2. The van der Waals surface area contributed by atoms with Gasteiger partial charge in [-0.3, -0.25) is 9.59 Å². The van der Waals surface area contributed by atoms with E-state index in [4.69, 9.17) is 0 Å². The highest BCUT2D eigenvalue weighted by Crippen LogP contribution is 2.33. The molecule has 8 nitrogen and oxygen atoms in total. The van der Waals surface area contributed by atoms with Gasteiger partial charge in [-0.15, -0.1) is 5.10 Å². The van der Waals surface area contributed by atoms with Crippen LogP contribution in [-0.4, -0.2) is 45.0 Å². The fraction of sp³-hybridized carbons (Fsp3) is 0.278. The zero-order valence-electron chi connectivity index (χ0n) is 14.7. The Kier molecular flexibility index (Phi) is 3.68. The first kappa shape index (κ1) is 16.2. The van der Waals surface area contributed by atoms with Crippen LogP contribution in [-0.2, 0) is 4.79 Å². The SMILES string of the molecule is Cc1ccnc2nc(C(=O)N3CC(C)C(=O)N(C)c4ccccc43)nn12. The number of carbonyl (C=O) groups is 2. The standard InChI is InChI=1S/C18H18N6O2/c1-11-10-23(14-7-5-4-6-13(14)22(3)16(11)25)17(26)15-20-18-19-9-8-12(2)24(18)21-15/h4-9,11H,10H2,1-3H3. The lowest BCUT2D eigenvalue weighted by atomic mass is 10.1. The average molecular weight is 350 g/mol. The number of aromatic nitrogens is 4. The van der Waals surface area contributed by atoms with Crippen LogP contribution in [0.15, 0.2) is 36.5 Å². The molecule has 0 N–H and O–H groups in total. The summed E-state index contributed by atoms with van der Waals surface area (Å²) in [6, 6.07) is 9.14. The van der Waals surface area contributed by atoms with E-state index >= 15 is 0 Å². The van der Waals surface area contributed by atoms with E-state index in [2.05, 4.69) is 15.1 Å². The van der Waals surface area contributed by atoms with Crippen LogP contribution in [0.1, 0.15) is 23.2 Å². The summed E-state index contributed by atoms with van der Waals surface area (Å²) in [4.78, 5) is 37.3. The predicted octanol–water partition coefficient (Wildman–Crippen LogP) is 1.69. The van der Waals surface area contributed by atoms with Gasteiger partial charge >= 0.3 is 0 Å². The molecular formula is C18H18N6O2. The van der Waals surface area contributed by atoms with Gasteiger partial charge in [0, 0.05) is 25.5 Å². The molecule has 0 aliphatic carbocycles. The first-order chi connectivity index (χ1) is 12.5. The number of benzene rings is 1. The minimum atomic E-state index is -0.350. The Hall–Kier alpha value is -3.29. The summed E-state index contributed by atoms with van der Waals surface area (Å²) in [5, 5.41) is 4.31. The maximum Gasteiger partial charge on any atom is 0.298 e. The van der Waals surface area contributed by atoms with Crippen molar-refractivity contribution in [3.05, 3.63) is 48.0 Å². The summed E-state index contributed by atoms with van der Waals surface area (Å²) < 4.78 is 1.54. The van der Waals surface area contributed by atoms with Crippen molar-refractivity contribution < 1.29 is 9.59 Å². The van der Waals surface area contributed by atoms with Crippen LogP contribution in [0, 0.1) is 12.8 Å². The molecule has 0 saturated heterocycles. The number of amides is 2. The molecule has 3 aromatic rings. The minimum absolute atomic E-state index is 0.0341. The molecule has 0 radical (unpaired) electrons. The lowest BCUT2D eigenvalue weighted by Crippen LogP contribution is -2.37. The van der Waals surface area contributed by atoms with Gasteiger partial charge in [0.2, 0.25) is 11.7 Å². The number of rotatable bonds is 1. The lowest BCUT2D eigenvalue weighted by molar-refractivity contribution is -0.121. The first-order valence-corrected chi connectivity index (χ1v) is 8.34. The summed E-state index contributed by atoms with van der Waals surface area (Å²) in [5.41, 5.74) is 2.19. The van der Waals surface area contributed by atoms with Gasteiger partial charge in [-0.25, -0.2) is 9.50 Å². The number of anilines is 2. The Morgan fingerprint density at radius 1 is 1.19 bits per heavy atom. The first-order valence-electron chi connectivity index (χ1n) is 8.34. The minimum Gasteiger partial charge on any atom is -0.313 e. The molecule has 0 fully saturated rings. The fourth-order valence-corrected chi connectivity index (χ4v) is 3.19. The molecule has 26 heavy (non-hydrogen) atoms. The molecule has 0 spiro atoms. The van der Waals surface area contributed by atoms with E-state index in [-0.39, 0.29) is 30.1 Å². The van der Waals surface area contributed by atoms with Gasteiger partial charge in [0.05, 0.1) is 17.3 Å². The Balaban J connectivity index is 1.82. The van der Waals surface area contributed by atoms with Crippen molar-refractivity contribution in [3.63, 3.8) is 0 Å². The monoisotopic (exact) mass is 350 g/mol. The Labute approximate surface area is 150 Å². The number of aryl methyl sites for hydroxylation is 1. The van der Waals surface area contributed by atoms with Crippen LogP contribution in [0.3, 0.4) is 0 Å². The maximum absolute atomic E-state index is 13.2.